The second kappa shape index (κ2) is 7.13. The third kappa shape index (κ3) is 4.78. The summed E-state index contributed by atoms with van der Waals surface area (Å²) in [4.78, 5) is 2.62. The molecule has 1 aliphatic carbocycles. The molecule has 1 atom stereocenters. The molecule has 1 spiro atoms. The zero-order chi connectivity index (χ0) is 18.3. The van der Waals surface area contributed by atoms with Gasteiger partial charge in [0, 0.05) is 30.7 Å². The van der Waals surface area contributed by atoms with E-state index in [1.54, 1.807) is 0 Å². The average molecular weight is 351 g/mol. The number of hydrogen-bond acceptors (Lipinski definition) is 3. The Bertz CT molecular complexity index is 432. The smallest absolute Gasteiger partial charge is 0.0723 e. The van der Waals surface area contributed by atoms with Crippen molar-refractivity contribution in [1.82, 2.24) is 10.2 Å². The first kappa shape index (κ1) is 19.6. The molecule has 1 unspecified atom stereocenters. The predicted octanol–water partition coefficient (Wildman–Crippen LogP) is 4.60. The molecular weight excluding hydrogens is 308 g/mol. The summed E-state index contributed by atoms with van der Waals surface area (Å²) in [5, 5.41) is 3.96. The van der Waals surface area contributed by atoms with Gasteiger partial charge in [-0.15, -0.1) is 0 Å². The first-order valence-electron chi connectivity index (χ1n) is 10.7. The Kier molecular flexibility index (Phi) is 5.60. The number of rotatable bonds is 2. The maximum Gasteiger partial charge on any atom is 0.0723 e. The molecule has 146 valence electrons. The van der Waals surface area contributed by atoms with Crippen LogP contribution in [0.15, 0.2) is 0 Å². The maximum atomic E-state index is 6.38. The topological polar surface area (TPSA) is 24.5 Å². The number of hydrogen-bond donors (Lipinski definition) is 1. The van der Waals surface area contributed by atoms with Crippen LogP contribution in [-0.2, 0) is 4.74 Å². The minimum absolute atomic E-state index is 0.169. The van der Waals surface area contributed by atoms with Gasteiger partial charge >= 0.3 is 0 Å². The molecule has 3 rings (SSSR count). The van der Waals surface area contributed by atoms with Crippen LogP contribution >= 0.6 is 0 Å². The molecule has 0 radical (unpaired) electrons. The van der Waals surface area contributed by atoms with Gasteiger partial charge in [-0.3, -0.25) is 4.90 Å². The minimum Gasteiger partial charge on any atom is -0.373 e. The number of ether oxygens (including phenoxy) is 1. The van der Waals surface area contributed by atoms with Crippen molar-refractivity contribution >= 4 is 0 Å². The molecule has 3 heteroatoms. The van der Waals surface area contributed by atoms with Gasteiger partial charge in [-0.25, -0.2) is 0 Å². The van der Waals surface area contributed by atoms with Crippen molar-refractivity contribution in [2.24, 2.45) is 11.3 Å². The molecule has 0 aromatic rings. The highest BCUT2D eigenvalue weighted by atomic mass is 16.5. The number of nitrogens with zero attached hydrogens (tertiary/aromatic N) is 1. The Balaban J connectivity index is 1.44. The fourth-order valence-electron chi connectivity index (χ4n) is 5.34. The summed E-state index contributed by atoms with van der Waals surface area (Å²) in [6, 6.07) is 1.30. The molecule has 1 saturated carbocycles. The standard InChI is InChI=1S/C22H42N2O/c1-20(2,3)17-7-9-18(10-8-17)23-19-15-22(25-16-19)11-13-24(14-12-22)21(4,5)6/h17-19,23H,7-16H2,1-6H3. The van der Waals surface area contributed by atoms with E-state index in [9.17, 15) is 0 Å². The lowest BCUT2D eigenvalue weighted by Crippen LogP contribution is -2.51. The first-order valence-corrected chi connectivity index (χ1v) is 10.7. The molecule has 25 heavy (non-hydrogen) atoms. The van der Waals surface area contributed by atoms with Crippen molar-refractivity contribution in [2.45, 2.75) is 110 Å². The van der Waals surface area contributed by atoms with Crippen LogP contribution in [0.4, 0.5) is 0 Å². The van der Waals surface area contributed by atoms with Crippen molar-refractivity contribution in [3.05, 3.63) is 0 Å². The zero-order valence-corrected chi connectivity index (χ0v) is 17.7. The van der Waals surface area contributed by atoms with Crippen LogP contribution in [0, 0.1) is 11.3 Å². The molecule has 2 heterocycles. The summed E-state index contributed by atoms with van der Waals surface area (Å²) in [5.41, 5.74) is 0.943. The molecule has 2 aliphatic heterocycles. The van der Waals surface area contributed by atoms with Gasteiger partial charge in [0.15, 0.2) is 0 Å². The summed E-state index contributed by atoms with van der Waals surface area (Å²) in [6.07, 6.45) is 9.12. The first-order chi connectivity index (χ1) is 11.6. The van der Waals surface area contributed by atoms with Crippen LogP contribution in [0.25, 0.3) is 0 Å². The van der Waals surface area contributed by atoms with E-state index >= 15 is 0 Å². The SMILES string of the molecule is CC(C)(C)C1CCC(NC2COC3(CCN(C(C)(C)C)CC3)C2)CC1. The van der Waals surface area contributed by atoms with Crippen molar-refractivity contribution < 1.29 is 4.74 Å². The van der Waals surface area contributed by atoms with E-state index in [1.165, 1.54) is 58.0 Å². The van der Waals surface area contributed by atoms with Crippen LogP contribution in [-0.4, -0.2) is 47.8 Å². The number of likely N-dealkylation sites (tertiary alicyclic amines) is 1. The van der Waals surface area contributed by atoms with E-state index in [2.05, 4.69) is 51.8 Å². The van der Waals surface area contributed by atoms with Crippen LogP contribution < -0.4 is 5.32 Å². The van der Waals surface area contributed by atoms with E-state index in [-0.39, 0.29) is 5.60 Å². The van der Waals surface area contributed by atoms with Gasteiger partial charge in [-0.05, 0) is 77.0 Å². The van der Waals surface area contributed by atoms with Crippen LogP contribution in [0.3, 0.4) is 0 Å². The molecule has 0 amide bonds. The molecule has 0 bridgehead atoms. The van der Waals surface area contributed by atoms with E-state index in [1.807, 2.05) is 0 Å². The summed E-state index contributed by atoms with van der Waals surface area (Å²) in [5.74, 6) is 0.901. The number of nitrogens with one attached hydrogen (secondary N) is 1. The highest BCUT2D eigenvalue weighted by Gasteiger charge is 2.44. The zero-order valence-electron chi connectivity index (χ0n) is 17.7. The molecule has 3 fully saturated rings. The second-order valence-electron chi connectivity index (χ2n) is 11.1. The minimum atomic E-state index is 0.169. The van der Waals surface area contributed by atoms with Gasteiger partial charge in [0.1, 0.15) is 0 Å². The third-order valence-electron chi connectivity index (χ3n) is 7.26. The van der Waals surface area contributed by atoms with Crippen molar-refractivity contribution in [1.29, 1.82) is 0 Å². The lowest BCUT2D eigenvalue weighted by molar-refractivity contribution is -0.0590. The van der Waals surface area contributed by atoms with E-state index in [0.29, 0.717) is 17.0 Å². The van der Waals surface area contributed by atoms with E-state index in [0.717, 1.165) is 18.6 Å². The Morgan fingerprint density at radius 1 is 0.880 bits per heavy atom. The lowest BCUT2D eigenvalue weighted by Gasteiger charge is -2.44. The molecule has 1 N–H and O–H groups in total. The van der Waals surface area contributed by atoms with Gasteiger partial charge in [-0.2, -0.15) is 0 Å². The van der Waals surface area contributed by atoms with Gasteiger partial charge in [0.2, 0.25) is 0 Å². The van der Waals surface area contributed by atoms with E-state index in [4.69, 9.17) is 4.74 Å². The van der Waals surface area contributed by atoms with Gasteiger partial charge < -0.3 is 10.1 Å². The Hall–Kier alpha value is -0.120. The predicted molar refractivity (Wildman–Crippen MR) is 106 cm³/mol. The van der Waals surface area contributed by atoms with Crippen LogP contribution in [0.1, 0.15) is 86.5 Å². The monoisotopic (exact) mass is 350 g/mol. The van der Waals surface area contributed by atoms with Gasteiger partial charge in [0.25, 0.3) is 0 Å². The van der Waals surface area contributed by atoms with Crippen LogP contribution in [0.2, 0.25) is 0 Å². The Morgan fingerprint density at radius 2 is 1.48 bits per heavy atom. The molecule has 0 aromatic heterocycles. The summed E-state index contributed by atoms with van der Waals surface area (Å²) in [7, 11) is 0. The Morgan fingerprint density at radius 3 is 2.00 bits per heavy atom. The average Bonchev–Trinajstić information content (AvgIpc) is 2.89. The van der Waals surface area contributed by atoms with Crippen molar-refractivity contribution in [3.63, 3.8) is 0 Å². The van der Waals surface area contributed by atoms with Gasteiger partial charge in [0.05, 0.1) is 12.2 Å². The highest BCUT2D eigenvalue weighted by molar-refractivity contribution is 4.99. The number of piperidine rings is 1. The largest absolute Gasteiger partial charge is 0.373 e. The summed E-state index contributed by atoms with van der Waals surface area (Å²) in [6.45, 7) is 17.5. The van der Waals surface area contributed by atoms with Crippen molar-refractivity contribution in [2.75, 3.05) is 19.7 Å². The third-order valence-corrected chi connectivity index (χ3v) is 7.26. The molecule has 0 aromatic carbocycles. The molecule has 3 nitrogen and oxygen atoms in total. The quantitative estimate of drug-likeness (QED) is 0.787. The summed E-state index contributed by atoms with van der Waals surface area (Å²) < 4.78 is 6.38. The molecular formula is C22H42N2O. The lowest BCUT2D eigenvalue weighted by atomic mass is 9.71. The second-order valence-corrected chi connectivity index (χ2v) is 11.1. The highest BCUT2D eigenvalue weighted by Crippen LogP contribution is 2.40. The fraction of sp³-hybridized carbons (Fsp3) is 1.00. The maximum absolute atomic E-state index is 6.38. The van der Waals surface area contributed by atoms with E-state index < -0.39 is 0 Å². The normalized spacial score (nSPS) is 34.6. The van der Waals surface area contributed by atoms with Crippen molar-refractivity contribution in [3.8, 4) is 0 Å². The Labute approximate surface area is 156 Å². The van der Waals surface area contributed by atoms with Crippen LogP contribution in [0.5, 0.6) is 0 Å². The molecule has 2 saturated heterocycles. The van der Waals surface area contributed by atoms with Gasteiger partial charge in [-0.1, -0.05) is 20.8 Å². The molecule has 3 aliphatic rings. The summed E-state index contributed by atoms with van der Waals surface area (Å²) >= 11 is 0. The fourth-order valence-corrected chi connectivity index (χ4v) is 5.34.